The van der Waals surface area contributed by atoms with Gasteiger partial charge in [-0.05, 0) is 63.7 Å². The molecule has 3 N–H and O–H groups in total. The lowest BCUT2D eigenvalue weighted by molar-refractivity contribution is 0.275. The summed E-state index contributed by atoms with van der Waals surface area (Å²) < 4.78 is 0. The van der Waals surface area contributed by atoms with Crippen LogP contribution >= 0.6 is 12.2 Å². The quantitative estimate of drug-likeness (QED) is 0.723. The number of hydrogen-bond donors (Lipinski definition) is 3. The molecule has 0 spiro atoms. The van der Waals surface area contributed by atoms with Gasteiger partial charge < -0.3 is 20.4 Å². The zero-order valence-corrected chi connectivity index (χ0v) is 14.9. The summed E-state index contributed by atoms with van der Waals surface area (Å²) in [6, 6.07) is 14.6. The molecule has 0 bridgehead atoms. The third kappa shape index (κ3) is 2.80. The third-order valence-corrected chi connectivity index (χ3v) is 4.79. The van der Waals surface area contributed by atoms with Crippen LogP contribution in [0, 0.1) is 0 Å². The molecule has 1 heterocycles. The van der Waals surface area contributed by atoms with Gasteiger partial charge in [0, 0.05) is 22.9 Å². The van der Waals surface area contributed by atoms with Crippen LogP contribution in [0.4, 0.5) is 5.69 Å². The third-order valence-electron chi connectivity index (χ3n) is 4.50. The zero-order chi connectivity index (χ0) is 17.5. The Kier molecular flexibility index (Phi) is 3.92. The molecule has 24 heavy (non-hydrogen) atoms. The summed E-state index contributed by atoms with van der Waals surface area (Å²) in [6.07, 6.45) is 0.730. The van der Waals surface area contributed by atoms with Gasteiger partial charge in [0.05, 0.1) is 5.54 Å². The van der Waals surface area contributed by atoms with Crippen LogP contribution in [-0.2, 0) is 5.54 Å². The molecule has 1 fully saturated rings. The fraction of sp³-hybridized carbons (Fsp3) is 0.316. The largest absolute Gasteiger partial charge is 0.508 e. The van der Waals surface area contributed by atoms with Crippen LogP contribution in [-0.4, -0.2) is 20.9 Å². The second kappa shape index (κ2) is 5.67. The van der Waals surface area contributed by atoms with Crippen molar-refractivity contribution in [2.45, 2.75) is 38.3 Å². The minimum atomic E-state index is -0.551. The van der Waals surface area contributed by atoms with Gasteiger partial charge in [-0.3, -0.25) is 0 Å². The molecule has 0 unspecified atom stereocenters. The van der Waals surface area contributed by atoms with Crippen LogP contribution in [0.3, 0.4) is 0 Å². The Morgan fingerprint density at radius 2 is 1.71 bits per heavy atom. The monoisotopic (exact) mass is 342 g/mol. The van der Waals surface area contributed by atoms with E-state index >= 15 is 0 Å². The molecular formula is C19H22N2O2S. The van der Waals surface area contributed by atoms with Crippen molar-refractivity contribution >= 4 is 23.0 Å². The van der Waals surface area contributed by atoms with Gasteiger partial charge in [-0.25, -0.2) is 0 Å². The standard InChI is InChI=1S/C19H22N2O2S/c1-18(2)12-19(3,15-10-9-14(22)11-16(15)23)21(17(24)20-18)13-7-5-4-6-8-13/h4-11,22-23H,12H2,1-3H3,(H,20,24)/t19-/m1/s1. The van der Waals surface area contributed by atoms with E-state index < -0.39 is 5.54 Å². The van der Waals surface area contributed by atoms with Crippen molar-refractivity contribution in [3.8, 4) is 11.5 Å². The molecule has 2 aromatic carbocycles. The number of phenolic OH excluding ortho intramolecular Hbond substituents is 2. The van der Waals surface area contributed by atoms with Crippen molar-refractivity contribution < 1.29 is 10.2 Å². The number of anilines is 1. The molecule has 0 saturated carbocycles. The van der Waals surface area contributed by atoms with Crippen LogP contribution in [0.5, 0.6) is 11.5 Å². The normalized spacial score (nSPS) is 23.0. The smallest absolute Gasteiger partial charge is 0.174 e. The number of nitrogens with zero attached hydrogens (tertiary/aromatic N) is 1. The number of rotatable bonds is 2. The van der Waals surface area contributed by atoms with Gasteiger partial charge in [-0.2, -0.15) is 0 Å². The predicted molar refractivity (Wildman–Crippen MR) is 100 cm³/mol. The first-order valence-electron chi connectivity index (χ1n) is 7.93. The van der Waals surface area contributed by atoms with Crippen LogP contribution < -0.4 is 10.2 Å². The van der Waals surface area contributed by atoms with Crippen LogP contribution in [0.2, 0.25) is 0 Å². The number of aromatic hydroxyl groups is 2. The van der Waals surface area contributed by atoms with E-state index in [1.165, 1.54) is 6.07 Å². The topological polar surface area (TPSA) is 55.7 Å². The van der Waals surface area contributed by atoms with Gasteiger partial charge >= 0.3 is 0 Å². The molecule has 1 aliphatic rings. The molecular weight excluding hydrogens is 320 g/mol. The van der Waals surface area contributed by atoms with Crippen LogP contribution in [0.1, 0.15) is 32.8 Å². The maximum Gasteiger partial charge on any atom is 0.174 e. The summed E-state index contributed by atoms with van der Waals surface area (Å²) in [7, 11) is 0. The molecule has 2 aromatic rings. The minimum Gasteiger partial charge on any atom is -0.508 e. The lowest BCUT2D eigenvalue weighted by atomic mass is 9.76. The predicted octanol–water partition coefficient (Wildman–Crippen LogP) is 3.88. The van der Waals surface area contributed by atoms with Crippen molar-refractivity contribution in [2.75, 3.05) is 4.90 Å². The number of nitrogens with one attached hydrogen (secondary N) is 1. The Morgan fingerprint density at radius 1 is 1.04 bits per heavy atom. The van der Waals surface area contributed by atoms with Gasteiger partial charge in [-0.1, -0.05) is 18.2 Å². The first kappa shape index (κ1) is 16.6. The summed E-state index contributed by atoms with van der Waals surface area (Å²) in [4.78, 5) is 2.04. The molecule has 4 nitrogen and oxygen atoms in total. The van der Waals surface area contributed by atoms with E-state index in [1.54, 1.807) is 12.1 Å². The summed E-state index contributed by atoms with van der Waals surface area (Å²) in [5.41, 5.74) is 0.924. The molecule has 0 radical (unpaired) electrons. The summed E-state index contributed by atoms with van der Waals surface area (Å²) in [5.74, 6) is 0.112. The number of thiocarbonyl (C=S) groups is 1. The zero-order valence-electron chi connectivity index (χ0n) is 14.1. The molecule has 0 aromatic heterocycles. The molecule has 1 atom stereocenters. The second-order valence-corrected chi connectivity index (χ2v) is 7.52. The lowest BCUT2D eigenvalue weighted by Crippen LogP contribution is -2.65. The summed E-state index contributed by atoms with van der Waals surface area (Å²) in [6.45, 7) is 6.26. The van der Waals surface area contributed by atoms with Crippen LogP contribution in [0.15, 0.2) is 48.5 Å². The van der Waals surface area contributed by atoms with E-state index in [1.807, 2.05) is 35.2 Å². The van der Waals surface area contributed by atoms with Gasteiger partial charge in [0.1, 0.15) is 11.5 Å². The fourth-order valence-corrected chi connectivity index (χ4v) is 4.31. The van der Waals surface area contributed by atoms with E-state index in [2.05, 4.69) is 26.1 Å². The highest BCUT2D eigenvalue weighted by atomic mass is 32.1. The van der Waals surface area contributed by atoms with Crippen molar-refractivity contribution in [3.63, 3.8) is 0 Å². The maximum absolute atomic E-state index is 10.5. The first-order chi connectivity index (χ1) is 11.2. The summed E-state index contributed by atoms with van der Waals surface area (Å²) >= 11 is 5.66. The highest BCUT2D eigenvalue weighted by molar-refractivity contribution is 7.80. The highest BCUT2D eigenvalue weighted by Gasteiger charge is 2.47. The Balaban J connectivity index is 2.19. The highest BCUT2D eigenvalue weighted by Crippen LogP contribution is 2.45. The van der Waals surface area contributed by atoms with Gasteiger partial charge in [-0.15, -0.1) is 0 Å². The lowest BCUT2D eigenvalue weighted by Gasteiger charge is -2.53. The van der Waals surface area contributed by atoms with E-state index in [0.29, 0.717) is 5.11 Å². The van der Waals surface area contributed by atoms with Gasteiger partial charge in [0.25, 0.3) is 0 Å². The second-order valence-electron chi connectivity index (χ2n) is 7.14. The Bertz CT molecular complexity index is 776. The number of benzene rings is 2. The van der Waals surface area contributed by atoms with Gasteiger partial charge in [0.2, 0.25) is 0 Å². The molecule has 0 amide bonds. The average Bonchev–Trinajstić information content (AvgIpc) is 2.45. The Hall–Kier alpha value is -2.27. The van der Waals surface area contributed by atoms with E-state index in [9.17, 15) is 10.2 Å². The molecule has 0 aliphatic carbocycles. The first-order valence-corrected chi connectivity index (χ1v) is 8.34. The van der Waals surface area contributed by atoms with Crippen LogP contribution in [0.25, 0.3) is 0 Å². The van der Waals surface area contributed by atoms with E-state index in [0.717, 1.165) is 17.7 Å². The average molecular weight is 342 g/mol. The molecule has 5 heteroatoms. The van der Waals surface area contributed by atoms with Gasteiger partial charge in [0.15, 0.2) is 5.11 Å². The SMILES string of the molecule is CC1(C)C[C@](C)(c2ccc(O)cc2O)N(c2ccccc2)C(=S)N1. The summed E-state index contributed by atoms with van der Waals surface area (Å²) in [5, 5.41) is 24.1. The van der Waals surface area contributed by atoms with E-state index in [4.69, 9.17) is 12.2 Å². The van der Waals surface area contributed by atoms with E-state index in [-0.39, 0.29) is 17.0 Å². The molecule has 1 saturated heterocycles. The fourth-order valence-electron chi connectivity index (χ4n) is 3.72. The Labute approximate surface area is 147 Å². The maximum atomic E-state index is 10.5. The number of hydrogen-bond acceptors (Lipinski definition) is 3. The minimum absolute atomic E-state index is 0.0434. The number of para-hydroxylation sites is 1. The molecule has 126 valence electrons. The molecule has 1 aliphatic heterocycles. The number of phenols is 2. The van der Waals surface area contributed by atoms with Crippen molar-refractivity contribution in [3.05, 3.63) is 54.1 Å². The van der Waals surface area contributed by atoms with Crippen molar-refractivity contribution in [1.82, 2.24) is 5.32 Å². The van der Waals surface area contributed by atoms with Crippen molar-refractivity contribution in [1.29, 1.82) is 0 Å². The molecule has 3 rings (SSSR count). The Morgan fingerprint density at radius 3 is 2.33 bits per heavy atom. The van der Waals surface area contributed by atoms with Crippen molar-refractivity contribution in [2.24, 2.45) is 0 Å².